The van der Waals surface area contributed by atoms with Crippen LogP contribution in [-0.4, -0.2) is 68.2 Å². The van der Waals surface area contributed by atoms with Crippen molar-refractivity contribution in [3.63, 3.8) is 0 Å². The summed E-state index contributed by atoms with van der Waals surface area (Å²) < 4.78 is 11.1. The number of methoxy groups -OCH3 is 1. The molecule has 1 saturated heterocycles. The van der Waals surface area contributed by atoms with Crippen LogP contribution in [0.1, 0.15) is 16.4 Å². The molecule has 0 saturated carbocycles. The summed E-state index contributed by atoms with van der Waals surface area (Å²) in [5, 5.41) is 0.860. The van der Waals surface area contributed by atoms with E-state index in [0.717, 1.165) is 22.8 Å². The number of amides is 1. The van der Waals surface area contributed by atoms with Crippen LogP contribution in [0.2, 0.25) is 0 Å². The van der Waals surface area contributed by atoms with Crippen LogP contribution >= 0.6 is 0 Å². The quantitative estimate of drug-likeness (QED) is 0.672. The Morgan fingerprint density at radius 3 is 2.59 bits per heavy atom. The molecule has 0 bridgehead atoms. The predicted molar refractivity (Wildman–Crippen MR) is 112 cm³/mol. The van der Waals surface area contributed by atoms with Gasteiger partial charge < -0.3 is 23.9 Å². The Kier molecular flexibility index (Phi) is 5.00. The molecule has 1 aliphatic heterocycles. The van der Waals surface area contributed by atoms with Gasteiger partial charge >= 0.3 is 0 Å². The van der Waals surface area contributed by atoms with Crippen molar-refractivity contribution >= 4 is 28.5 Å². The molecule has 8 heteroatoms. The highest BCUT2D eigenvalue weighted by Crippen LogP contribution is 2.29. The van der Waals surface area contributed by atoms with Gasteiger partial charge in [-0.05, 0) is 19.1 Å². The van der Waals surface area contributed by atoms with Gasteiger partial charge in [0.1, 0.15) is 17.5 Å². The minimum Gasteiger partial charge on any atom is -0.493 e. The van der Waals surface area contributed by atoms with Gasteiger partial charge in [0.25, 0.3) is 5.91 Å². The highest BCUT2D eigenvalue weighted by Gasteiger charge is 2.26. The molecule has 0 unspecified atom stereocenters. The van der Waals surface area contributed by atoms with Crippen molar-refractivity contribution in [2.45, 2.75) is 6.92 Å². The van der Waals surface area contributed by atoms with E-state index >= 15 is 0 Å². The number of nitrogens with zero attached hydrogens (tertiary/aromatic N) is 5. The van der Waals surface area contributed by atoms with Gasteiger partial charge in [-0.15, -0.1) is 0 Å². The molecule has 2 aromatic heterocycles. The van der Waals surface area contributed by atoms with Crippen molar-refractivity contribution in [3.8, 4) is 5.75 Å². The van der Waals surface area contributed by atoms with Gasteiger partial charge in [0.15, 0.2) is 17.1 Å². The molecule has 3 heterocycles. The Hall–Kier alpha value is -3.29. The van der Waals surface area contributed by atoms with Gasteiger partial charge in [0, 0.05) is 51.7 Å². The zero-order chi connectivity index (χ0) is 20.5. The normalized spacial score (nSPS) is 14.3. The topological polar surface area (TPSA) is 74.9 Å². The first-order valence-electron chi connectivity index (χ1n) is 9.60. The second kappa shape index (κ2) is 7.62. The maximum Gasteiger partial charge on any atom is 0.289 e. The third kappa shape index (κ3) is 3.70. The van der Waals surface area contributed by atoms with Crippen LogP contribution in [0, 0.1) is 6.92 Å². The molecule has 0 spiro atoms. The number of fused-ring (bicyclic) bond motifs is 1. The molecule has 1 aliphatic rings. The molecule has 1 aromatic carbocycles. The molecule has 1 amide bonds. The molecule has 0 N–H and O–H groups in total. The Balaban J connectivity index is 1.48. The molecule has 29 heavy (non-hydrogen) atoms. The molecule has 152 valence electrons. The van der Waals surface area contributed by atoms with Crippen LogP contribution < -0.4 is 14.5 Å². The lowest BCUT2D eigenvalue weighted by molar-refractivity contribution is 0.0716. The summed E-state index contributed by atoms with van der Waals surface area (Å²) in [5.74, 6) is 3.37. The van der Waals surface area contributed by atoms with Crippen molar-refractivity contribution in [1.82, 2.24) is 14.9 Å². The fourth-order valence-corrected chi connectivity index (χ4v) is 3.52. The zero-order valence-electron chi connectivity index (χ0n) is 17.2. The molecule has 0 aliphatic carbocycles. The molecule has 3 aromatic rings. The molecule has 0 radical (unpaired) electrons. The molecule has 1 fully saturated rings. The van der Waals surface area contributed by atoms with Gasteiger partial charge in [-0.25, -0.2) is 9.97 Å². The van der Waals surface area contributed by atoms with E-state index in [0.29, 0.717) is 43.3 Å². The number of hydrogen-bond donors (Lipinski definition) is 0. The monoisotopic (exact) mass is 395 g/mol. The van der Waals surface area contributed by atoms with Crippen LogP contribution in [0.25, 0.3) is 11.0 Å². The Bertz CT molecular complexity index is 1040. The number of carbonyl (C=O) groups excluding carboxylic acids is 1. The molecule has 8 nitrogen and oxygen atoms in total. The van der Waals surface area contributed by atoms with E-state index in [1.165, 1.54) is 0 Å². The second-order valence-electron chi connectivity index (χ2n) is 7.29. The first-order chi connectivity index (χ1) is 14.0. The van der Waals surface area contributed by atoms with Crippen molar-refractivity contribution in [2.75, 3.05) is 57.2 Å². The molecule has 4 rings (SSSR count). The smallest absolute Gasteiger partial charge is 0.289 e. The van der Waals surface area contributed by atoms with Gasteiger partial charge in [-0.2, -0.15) is 0 Å². The summed E-state index contributed by atoms with van der Waals surface area (Å²) in [4.78, 5) is 27.9. The van der Waals surface area contributed by atoms with Gasteiger partial charge in [0.05, 0.1) is 7.11 Å². The number of benzene rings is 1. The number of carbonyl (C=O) groups is 1. The summed E-state index contributed by atoms with van der Waals surface area (Å²) >= 11 is 0. The van der Waals surface area contributed by atoms with E-state index in [-0.39, 0.29) is 5.91 Å². The number of aryl methyl sites for hydroxylation is 1. The summed E-state index contributed by atoms with van der Waals surface area (Å²) in [7, 11) is 5.52. The summed E-state index contributed by atoms with van der Waals surface area (Å²) in [5.41, 5.74) is 0.602. The van der Waals surface area contributed by atoms with E-state index in [1.807, 2.05) is 55.1 Å². The van der Waals surface area contributed by atoms with Gasteiger partial charge in [0.2, 0.25) is 0 Å². The number of piperazine rings is 1. The van der Waals surface area contributed by atoms with E-state index in [2.05, 4.69) is 14.9 Å². The molecular formula is C21H25N5O3. The minimum atomic E-state index is -0.101. The van der Waals surface area contributed by atoms with Crippen molar-refractivity contribution in [2.24, 2.45) is 0 Å². The summed E-state index contributed by atoms with van der Waals surface area (Å²) in [6.45, 7) is 4.52. The average Bonchev–Trinajstić information content (AvgIpc) is 3.17. The first-order valence-corrected chi connectivity index (χ1v) is 9.60. The number of hydrogen-bond acceptors (Lipinski definition) is 7. The third-order valence-electron chi connectivity index (χ3n) is 5.10. The summed E-state index contributed by atoms with van der Waals surface area (Å²) in [6, 6.07) is 9.38. The number of rotatable bonds is 4. The summed E-state index contributed by atoms with van der Waals surface area (Å²) in [6.07, 6.45) is 0. The van der Waals surface area contributed by atoms with Crippen LogP contribution in [0.5, 0.6) is 5.75 Å². The van der Waals surface area contributed by atoms with E-state index in [4.69, 9.17) is 9.15 Å². The van der Waals surface area contributed by atoms with Crippen LogP contribution in [0.3, 0.4) is 0 Å². The average molecular weight is 395 g/mol. The lowest BCUT2D eigenvalue weighted by Crippen LogP contribution is -2.49. The molecule has 0 atom stereocenters. The number of para-hydroxylation sites is 1. The Morgan fingerprint density at radius 2 is 1.90 bits per heavy atom. The van der Waals surface area contributed by atoms with Gasteiger partial charge in [-0.3, -0.25) is 4.79 Å². The van der Waals surface area contributed by atoms with Crippen LogP contribution in [-0.2, 0) is 0 Å². The lowest BCUT2D eigenvalue weighted by Gasteiger charge is -2.35. The zero-order valence-corrected chi connectivity index (χ0v) is 17.2. The standard InChI is InChI=1S/C21H25N5O3/c1-14-22-18(24(2)3)13-19(23-14)25-8-10-26(11-9-25)21(27)17-12-15-6-5-7-16(28-4)20(15)29-17/h5-7,12-13H,8-11H2,1-4H3. The number of furan rings is 1. The van der Waals surface area contributed by atoms with E-state index < -0.39 is 0 Å². The molecular weight excluding hydrogens is 370 g/mol. The number of anilines is 2. The van der Waals surface area contributed by atoms with Crippen molar-refractivity contribution in [3.05, 3.63) is 41.9 Å². The fraction of sp³-hybridized carbons (Fsp3) is 0.381. The number of aromatic nitrogens is 2. The van der Waals surface area contributed by atoms with E-state index in [9.17, 15) is 4.79 Å². The Morgan fingerprint density at radius 1 is 1.14 bits per heavy atom. The van der Waals surface area contributed by atoms with Crippen molar-refractivity contribution < 1.29 is 13.9 Å². The highest BCUT2D eigenvalue weighted by molar-refractivity contribution is 5.97. The van der Waals surface area contributed by atoms with Gasteiger partial charge in [-0.1, -0.05) is 12.1 Å². The predicted octanol–water partition coefficient (Wildman–Crippen LogP) is 2.57. The maximum absolute atomic E-state index is 13.0. The van der Waals surface area contributed by atoms with E-state index in [1.54, 1.807) is 13.2 Å². The minimum absolute atomic E-state index is 0.101. The van der Waals surface area contributed by atoms with Crippen LogP contribution in [0.15, 0.2) is 34.7 Å². The second-order valence-corrected chi connectivity index (χ2v) is 7.29. The largest absolute Gasteiger partial charge is 0.493 e. The lowest BCUT2D eigenvalue weighted by atomic mass is 10.2. The SMILES string of the molecule is COc1cccc2cc(C(=O)N3CCN(c4cc(N(C)C)nc(C)n4)CC3)oc12. The van der Waals surface area contributed by atoms with Crippen molar-refractivity contribution in [1.29, 1.82) is 0 Å². The third-order valence-corrected chi connectivity index (χ3v) is 5.10. The number of ether oxygens (including phenoxy) is 1. The highest BCUT2D eigenvalue weighted by atomic mass is 16.5. The van der Waals surface area contributed by atoms with Crippen LogP contribution in [0.4, 0.5) is 11.6 Å². The Labute approximate surface area is 169 Å². The first kappa shape index (κ1) is 19.0. The maximum atomic E-state index is 13.0. The fourth-order valence-electron chi connectivity index (χ4n) is 3.52.